The molecule has 37 heavy (non-hydrogen) atoms. The Morgan fingerprint density at radius 2 is 1.86 bits per heavy atom. The number of halogens is 2. The minimum absolute atomic E-state index is 0.0656. The number of aliphatic hydroxyl groups excluding tert-OH is 1. The predicted octanol–water partition coefficient (Wildman–Crippen LogP) is 7.24. The molecule has 1 aromatic heterocycles. The van der Waals surface area contributed by atoms with Gasteiger partial charge in [0.15, 0.2) is 5.13 Å². The summed E-state index contributed by atoms with van der Waals surface area (Å²) in [6, 6.07) is 14.7. The summed E-state index contributed by atoms with van der Waals surface area (Å²) in [6.07, 6.45) is 0. The fraction of sp³-hybridized carbons (Fsp3) is 0.179. The van der Waals surface area contributed by atoms with Crippen LogP contribution in [0.2, 0.25) is 10.0 Å². The highest BCUT2D eigenvalue weighted by atomic mass is 35.5. The number of amides is 1. The van der Waals surface area contributed by atoms with Crippen molar-refractivity contribution < 1.29 is 19.4 Å². The van der Waals surface area contributed by atoms with Crippen LogP contribution in [-0.2, 0) is 9.59 Å². The molecule has 0 spiro atoms. The summed E-state index contributed by atoms with van der Waals surface area (Å²) >= 11 is 13.8. The Labute approximate surface area is 227 Å². The molecule has 1 aliphatic rings. The first-order valence-electron chi connectivity index (χ1n) is 11.6. The average Bonchev–Trinajstić information content (AvgIpc) is 3.39. The lowest BCUT2D eigenvalue weighted by Crippen LogP contribution is -2.29. The number of ether oxygens (including phenoxy) is 1. The van der Waals surface area contributed by atoms with Crippen LogP contribution in [0.3, 0.4) is 0 Å². The van der Waals surface area contributed by atoms with Gasteiger partial charge in [-0.3, -0.25) is 14.5 Å². The third-order valence-electron chi connectivity index (χ3n) is 6.15. The zero-order chi connectivity index (χ0) is 26.4. The molecule has 5 rings (SSSR count). The molecule has 1 unspecified atom stereocenters. The normalized spacial score (nSPS) is 17.1. The van der Waals surface area contributed by atoms with Crippen molar-refractivity contribution in [3.8, 4) is 5.75 Å². The summed E-state index contributed by atoms with van der Waals surface area (Å²) in [6.45, 7) is 6.23. The molecule has 2 heterocycles. The second kappa shape index (κ2) is 9.82. The second-order valence-electron chi connectivity index (χ2n) is 8.73. The van der Waals surface area contributed by atoms with Crippen LogP contribution in [0.25, 0.3) is 16.0 Å². The van der Waals surface area contributed by atoms with Crippen molar-refractivity contribution in [1.29, 1.82) is 0 Å². The fourth-order valence-corrected chi connectivity index (χ4v) is 6.02. The van der Waals surface area contributed by atoms with Gasteiger partial charge in [0.25, 0.3) is 5.78 Å². The first-order valence-corrected chi connectivity index (χ1v) is 13.1. The number of fused-ring (bicyclic) bond motifs is 1. The highest BCUT2D eigenvalue weighted by Gasteiger charge is 2.48. The third kappa shape index (κ3) is 4.48. The van der Waals surface area contributed by atoms with E-state index in [-0.39, 0.29) is 16.4 Å². The van der Waals surface area contributed by atoms with E-state index in [1.165, 1.54) is 16.2 Å². The van der Waals surface area contributed by atoms with E-state index < -0.39 is 17.7 Å². The van der Waals surface area contributed by atoms with Gasteiger partial charge in [0.1, 0.15) is 11.5 Å². The maximum absolute atomic E-state index is 13.5. The molecule has 1 N–H and O–H groups in total. The lowest BCUT2D eigenvalue weighted by Gasteiger charge is -2.23. The van der Waals surface area contributed by atoms with Crippen LogP contribution in [0, 0.1) is 13.8 Å². The predicted molar refractivity (Wildman–Crippen MR) is 148 cm³/mol. The van der Waals surface area contributed by atoms with Crippen molar-refractivity contribution >= 4 is 67.3 Å². The van der Waals surface area contributed by atoms with E-state index >= 15 is 0 Å². The second-order valence-corrected chi connectivity index (χ2v) is 10.6. The Kier molecular flexibility index (Phi) is 6.70. The number of aromatic nitrogens is 1. The molecular weight excluding hydrogens is 531 g/mol. The molecule has 0 saturated carbocycles. The van der Waals surface area contributed by atoms with E-state index in [2.05, 4.69) is 0 Å². The summed E-state index contributed by atoms with van der Waals surface area (Å²) in [5, 5.41) is 12.3. The van der Waals surface area contributed by atoms with Crippen molar-refractivity contribution in [2.24, 2.45) is 0 Å². The summed E-state index contributed by atoms with van der Waals surface area (Å²) in [7, 11) is 0. The topological polar surface area (TPSA) is 79.7 Å². The zero-order valence-corrected chi connectivity index (χ0v) is 22.5. The van der Waals surface area contributed by atoms with Crippen LogP contribution in [0.15, 0.2) is 60.2 Å². The minimum Gasteiger partial charge on any atom is -0.507 e. The van der Waals surface area contributed by atoms with Gasteiger partial charge in [-0.25, -0.2) is 4.98 Å². The number of benzene rings is 3. The fourth-order valence-electron chi connectivity index (χ4n) is 4.54. The molecule has 1 aliphatic heterocycles. The maximum atomic E-state index is 13.5. The largest absolute Gasteiger partial charge is 0.507 e. The highest BCUT2D eigenvalue weighted by molar-refractivity contribution is 7.22. The third-order valence-corrected chi connectivity index (χ3v) is 7.89. The van der Waals surface area contributed by atoms with E-state index in [9.17, 15) is 14.7 Å². The highest BCUT2D eigenvalue weighted by Crippen LogP contribution is 2.45. The number of aryl methyl sites for hydroxylation is 2. The Morgan fingerprint density at radius 3 is 2.59 bits per heavy atom. The van der Waals surface area contributed by atoms with Gasteiger partial charge in [-0.1, -0.05) is 58.8 Å². The number of ketones is 1. The number of anilines is 1. The molecule has 3 aromatic carbocycles. The Balaban J connectivity index is 1.74. The summed E-state index contributed by atoms with van der Waals surface area (Å²) in [4.78, 5) is 33.0. The van der Waals surface area contributed by atoms with Gasteiger partial charge in [0.2, 0.25) is 0 Å². The first kappa shape index (κ1) is 25.3. The smallest absolute Gasteiger partial charge is 0.301 e. The molecule has 0 radical (unpaired) electrons. The minimum atomic E-state index is -0.965. The molecule has 1 fully saturated rings. The van der Waals surface area contributed by atoms with E-state index in [1.807, 2.05) is 32.9 Å². The molecule has 1 amide bonds. The zero-order valence-electron chi connectivity index (χ0n) is 20.2. The summed E-state index contributed by atoms with van der Waals surface area (Å²) < 4.78 is 6.45. The summed E-state index contributed by atoms with van der Waals surface area (Å²) in [5.41, 5.74) is 3.59. The molecule has 4 aromatic rings. The van der Waals surface area contributed by atoms with Crippen molar-refractivity contribution in [3.05, 3.63) is 92.5 Å². The van der Waals surface area contributed by atoms with Crippen molar-refractivity contribution in [2.75, 3.05) is 11.5 Å². The van der Waals surface area contributed by atoms with E-state index in [0.717, 1.165) is 21.3 Å². The number of rotatable bonds is 5. The molecule has 9 heteroatoms. The molecule has 0 aliphatic carbocycles. The van der Waals surface area contributed by atoms with Crippen LogP contribution < -0.4 is 9.64 Å². The van der Waals surface area contributed by atoms with Gasteiger partial charge in [-0.05, 0) is 67.8 Å². The van der Waals surface area contributed by atoms with Gasteiger partial charge in [-0.15, -0.1) is 0 Å². The number of hydrogen-bond acceptors (Lipinski definition) is 6. The van der Waals surface area contributed by atoms with Crippen molar-refractivity contribution in [2.45, 2.75) is 26.8 Å². The van der Waals surface area contributed by atoms with E-state index in [1.54, 1.807) is 42.5 Å². The van der Waals surface area contributed by atoms with Gasteiger partial charge in [0.05, 0.1) is 38.5 Å². The molecule has 1 saturated heterocycles. The van der Waals surface area contributed by atoms with Crippen LogP contribution >= 0.6 is 34.5 Å². The standard InChI is InChI=1S/C28H22Cl2N2O4S/c1-4-36-18-7-5-6-17(12-18)25(33)22-24(16-8-9-19(29)20(30)13-16)32(27(35)26(22)34)28-31-23-15(3)10-14(2)11-21(23)37-28/h5-13,24,33H,4H2,1-3H3/b25-22+. The van der Waals surface area contributed by atoms with Crippen LogP contribution in [-0.4, -0.2) is 28.4 Å². The number of carbonyl (C=O) groups excluding carboxylic acids is 2. The quantitative estimate of drug-likeness (QED) is 0.160. The van der Waals surface area contributed by atoms with Crippen LogP contribution in [0.1, 0.15) is 35.2 Å². The molecule has 1 atom stereocenters. The lowest BCUT2D eigenvalue weighted by molar-refractivity contribution is -0.132. The van der Waals surface area contributed by atoms with Crippen LogP contribution in [0.5, 0.6) is 5.75 Å². The maximum Gasteiger partial charge on any atom is 0.301 e. The van der Waals surface area contributed by atoms with Crippen molar-refractivity contribution in [1.82, 2.24) is 4.98 Å². The number of thiazole rings is 1. The van der Waals surface area contributed by atoms with Gasteiger partial charge < -0.3 is 9.84 Å². The molecule has 188 valence electrons. The van der Waals surface area contributed by atoms with Gasteiger partial charge in [0, 0.05) is 5.56 Å². The lowest BCUT2D eigenvalue weighted by atomic mass is 9.95. The molecule has 6 nitrogen and oxygen atoms in total. The van der Waals surface area contributed by atoms with Crippen LogP contribution in [0.4, 0.5) is 5.13 Å². The SMILES string of the molecule is CCOc1cccc(/C(O)=C2\C(=O)C(=O)N(c3nc4c(C)cc(C)cc4s3)C2c2ccc(Cl)c(Cl)c2)c1. The van der Waals surface area contributed by atoms with Gasteiger partial charge >= 0.3 is 5.91 Å². The van der Waals surface area contributed by atoms with E-state index in [4.69, 9.17) is 32.9 Å². The van der Waals surface area contributed by atoms with Crippen molar-refractivity contribution in [3.63, 3.8) is 0 Å². The molecular formula is C28H22Cl2N2O4S. The number of carbonyl (C=O) groups is 2. The Bertz CT molecular complexity index is 1610. The monoisotopic (exact) mass is 552 g/mol. The average molecular weight is 553 g/mol. The Morgan fingerprint density at radius 1 is 1.08 bits per heavy atom. The van der Waals surface area contributed by atoms with Gasteiger partial charge in [-0.2, -0.15) is 0 Å². The Hall–Kier alpha value is -3.39. The number of aliphatic hydroxyl groups is 1. The first-order chi connectivity index (χ1) is 17.7. The number of Topliss-reactive ketones (excluding diaryl/α,β-unsaturated/α-hetero) is 1. The van der Waals surface area contributed by atoms with E-state index in [0.29, 0.717) is 33.6 Å². The summed E-state index contributed by atoms with van der Waals surface area (Å²) in [5.74, 6) is -1.38. The number of nitrogens with zero attached hydrogens (tertiary/aromatic N) is 2. The molecule has 0 bridgehead atoms. The number of hydrogen-bond donors (Lipinski definition) is 1.